The third kappa shape index (κ3) is 9.05. The largest absolute Gasteiger partial charge is 0.504 e. The molecule has 1 rings (SSSR count). The van der Waals surface area contributed by atoms with Gasteiger partial charge in [0.2, 0.25) is 8.32 Å². The van der Waals surface area contributed by atoms with Crippen LogP contribution in [0, 0.1) is 0 Å². The van der Waals surface area contributed by atoms with E-state index in [2.05, 4.69) is 20.4 Å². The van der Waals surface area contributed by atoms with Gasteiger partial charge in [-0.25, -0.2) is 4.79 Å². The fourth-order valence-corrected chi connectivity index (χ4v) is 6.18. The molecule has 0 saturated carbocycles. The van der Waals surface area contributed by atoms with Crippen molar-refractivity contribution in [3.05, 3.63) is 30.3 Å². The summed E-state index contributed by atoms with van der Waals surface area (Å²) in [7, 11) is -4.22. The van der Waals surface area contributed by atoms with E-state index in [0.29, 0.717) is 13.2 Å². The van der Waals surface area contributed by atoms with E-state index in [9.17, 15) is 4.79 Å². The Bertz CT molecular complexity index is 565. The molecule has 2 atom stereocenters. The maximum absolute atomic E-state index is 12.8. The molecular formula is C20H37NO4Si2. The molecule has 0 heterocycles. The molecule has 1 aromatic rings. The first-order valence-corrected chi connectivity index (χ1v) is 15.9. The van der Waals surface area contributed by atoms with Crippen LogP contribution in [0.4, 0.5) is 10.5 Å². The lowest BCUT2D eigenvalue weighted by Crippen LogP contribution is -2.43. The minimum absolute atomic E-state index is 0.190. The first-order valence-electron chi connectivity index (χ1n) is 9.97. The number of para-hydroxylation sites is 1. The molecular weight excluding hydrogens is 374 g/mol. The Hall–Kier alpha value is -1.16. The van der Waals surface area contributed by atoms with E-state index in [0.717, 1.165) is 24.6 Å². The molecule has 5 nitrogen and oxygen atoms in total. The number of carbonyl (C=O) groups excluding carboxylic acids is 1. The van der Waals surface area contributed by atoms with Crippen molar-refractivity contribution in [1.82, 2.24) is 0 Å². The molecule has 0 radical (unpaired) electrons. The average molecular weight is 412 g/mol. The Morgan fingerprint density at radius 2 is 1.74 bits per heavy atom. The van der Waals surface area contributed by atoms with Gasteiger partial charge >= 0.3 is 14.7 Å². The molecule has 2 unspecified atom stereocenters. The van der Waals surface area contributed by atoms with Crippen molar-refractivity contribution in [3.63, 3.8) is 0 Å². The molecule has 0 saturated heterocycles. The Kier molecular flexibility index (Phi) is 9.72. The zero-order valence-corrected chi connectivity index (χ0v) is 20.1. The van der Waals surface area contributed by atoms with Crippen LogP contribution >= 0.6 is 0 Å². The van der Waals surface area contributed by atoms with Crippen molar-refractivity contribution in [2.24, 2.45) is 0 Å². The number of amides is 1. The number of hydrogen-bond acceptors (Lipinski definition) is 4. The quantitative estimate of drug-likeness (QED) is 0.433. The van der Waals surface area contributed by atoms with Gasteiger partial charge in [-0.05, 0) is 71.1 Å². The fourth-order valence-electron chi connectivity index (χ4n) is 2.79. The second-order valence-corrected chi connectivity index (χ2v) is 15.7. The van der Waals surface area contributed by atoms with E-state index < -0.39 is 16.9 Å². The first-order chi connectivity index (χ1) is 12.6. The summed E-state index contributed by atoms with van der Waals surface area (Å²) in [6.45, 7) is 15.6. The third-order valence-corrected chi connectivity index (χ3v) is 8.02. The molecule has 7 heteroatoms. The molecule has 27 heavy (non-hydrogen) atoms. The number of rotatable bonds is 11. The van der Waals surface area contributed by atoms with Gasteiger partial charge in [0, 0.05) is 24.9 Å². The SMILES string of the molecule is CCO[Si](C)(CCCN(C(=O)O[Si](C)(C)C)c1ccccc1)OC(C)CC. The molecule has 1 amide bonds. The predicted molar refractivity (Wildman–Crippen MR) is 117 cm³/mol. The minimum atomic E-state index is -2.25. The number of anilines is 1. The lowest BCUT2D eigenvalue weighted by Gasteiger charge is -2.31. The highest BCUT2D eigenvalue weighted by Gasteiger charge is 2.33. The molecule has 0 spiro atoms. The van der Waals surface area contributed by atoms with Crippen LogP contribution in [0.3, 0.4) is 0 Å². The second-order valence-electron chi connectivity index (χ2n) is 7.97. The number of benzene rings is 1. The summed E-state index contributed by atoms with van der Waals surface area (Å²) in [6.07, 6.45) is 1.71. The van der Waals surface area contributed by atoms with Gasteiger partial charge < -0.3 is 13.3 Å². The molecule has 0 aromatic heterocycles. The lowest BCUT2D eigenvalue weighted by atomic mass is 10.3. The average Bonchev–Trinajstić information content (AvgIpc) is 2.58. The zero-order chi connectivity index (χ0) is 20.5. The molecule has 0 bridgehead atoms. The van der Waals surface area contributed by atoms with Crippen LogP contribution in [0.2, 0.25) is 32.2 Å². The maximum Gasteiger partial charge on any atom is 0.400 e. The van der Waals surface area contributed by atoms with Crippen molar-refractivity contribution in [2.45, 2.75) is 71.9 Å². The summed E-state index contributed by atoms with van der Waals surface area (Å²) in [5, 5.41) is 0. The summed E-state index contributed by atoms with van der Waals surface area (Å²) < 4.78 is 18.0. The minimum Gasteiger partial charge on any atom is -0.504 e. The highest BCUT2D eigenvalue weighted by atomic mass is 28.4. The normalized spacial score (nSPS) is 15.1. The number of nitrogens with zero attached hydrogens (tertiary/aromatic N) is 1. The molecule has 0 aliphatic heterocycles. The Balaban J connectivity index is 2.82. The van der Waals surface area contributed by atoms with Gasteiger partial charge in [0.25, 0.3) is 0 Å². The third-order valence-electron chi connectivity index (χ3n) is 4.17. The van der Waals surface area contributed by atoms with Gasteiger partial charge in [0.05, 0.1) is 0 Å². The van der Waals surface area contributed by atoms with Gasteiger partial charge in [-0.1, -0.05) is 25.1 Å². The van der Waals surface area contributed by atoms with Crippen LogP contribution in [0.5, 0.6) is 0 Å². The van der Waals surface area contributed by atoms with Gasteiger partial charge in [0.1, 0.15) is 0 Å². The standard InChI is InChI=1S/C20H37NO4Si2/c1-8-18(3)24-27(7,23-9-2)17-13-16-21(19-14-11-10-12-15-19)20(22)25-26(4,5)6/h10-12,14-15,18H,8-9,13,16-17H2,1-7H3. The molecule has 0 N–H and O–H groups in total. The molecule has 154 valence electrons. The fraction of sp³-hybridized carbons (Fsp3) is 0.650. The Morgan fingerprint density at radius 3 is 2.26 bits per heavy atom. The van der Waals surface area contributed by atoms with Crippen LogP contribution in [-0.2, 0) is 13.3 Å². The summed E-state index contributed by atoms with van der Waals surface area (Å²) in [5.74, 6) is 0. The van der Waals surface area contributed by atoms with E-state index in [1.165, 1.54) is 0 Å². The highest BCUT2D eigenvalue weighted by Crippen LogP contribution is 2.22. The van der Waals surface area contributed by atoms with Crippen molar-refractivity contribution < 1.29 is 18.1 Å². The number of carbonyl (C=O) groups is 1. The van der Waals surface area contributed by atoms with E-state index in [4.69, 9.17) is 13.3 Å². The molecule has 1 aromatic carbocycles. The van der Waals surface area contributed by atoms with Crippen LogP contribution in [0.15, 0.2) is 30.3 Å². The van der Waals surface area contributed by atoms with Crippen LogP contribution in [0.25, 0.3) is 0 Å². The van der Waals surface area contributed by atoms with Crippen molar-refractivity contribution in [3.8, 4) is 0 Å². The van der Waals surface area contributed by atoms with Gasteiger partial charge in [0.15, 0.2) is 0 Å². The molecule has 0 aliphatic rings. The van der Waals surface area contributed by atoms with Crippen molar-refractivity contribution in [2.75, 3.05) is 18.1 Å². The van der Waals surface area contributed by atoms with E-state index in [1.807, 2.05) is 56.9 Å². The van der Waals surface area contributed by atoms with E-state index in [-0.39, 0.29) is 12.2 Å². The van der Waals surface area contributed by atoms with Crippen molar-refractivity contribution >= 4 is 28.7 Å². The summed E-state index contributed by atoms with van der Waals surface area (Å²) in [6, 6.07) is 10.6. The first kappa shape index (κ1) is 23.9. The Labute approximate surface area is 167 Å². The summed E-state index contributed by atoms with van der Waals surface area (Å²) >= 11 is 0. The maximum atomic E-state index is 12.8. The number of hydrogen-bond donors (Lipinski definition) is 0. The van der Waals surface area contributed by atoms with Gasteiger partial charge in [-0.2, -0.15) is 0 Å². The van der Waals surface area contributed by atoms with Crippen LogP contribution < -0.4 is 4.90 Å². The van der Waals surface area contributed by atoms with Crippen LogP contribution in [0.1, 0.15) is 33.6 Å². The lowest BCUT2D eigenvalue weighted by molar-refractivity contribution is 0.127. The zero-order valence-electron chi connectivity index (χ0n) is 18.1. The topological polar surface area (TPSA) is 48.0 Å². The smallest absolute Gasteiger partial charge is 0.400 e. The summed E-state index contributed by atoms with van der Waals surface area (Å²) in [4.78, 5) is 14.5. The Morgan fingerprint density at radius 1 is 1.11 bits per heavy atom. The summed E-state index contributed by atoms with van der Waals surface area (Å²) in [5.41, 5.74) is 0.864. The highest BCUT2D eigenvalue weighted by molar-refractivity contribution is 6.71. The van der Waals surface area contributed by atoms with Gasteiger partial charge in [-0.3, -0.25) is 4.90 Å². The second kappa shape index (κ2) is 11.0. The van der Waals surface area contributed by atoms with Crippen LogP contribution in [-0.4, -0.2) is 42.2 Å². The van der Waals surface area contributed by atoms with Gasteiger partial charge in [-0.15, -0.1) is 0 Å². The molecule has 0 fully saturated rings. The molecule has 0 aliphatic carbocycles. The predicted octanol–water partition coefficient (Wildman–Crippen LogP) is 5.78. The van der Waals surface area contributed by atoms with Crippen molar-refractivity contribution in [1.29, 1.82) is 0 Å². The monoisotopic (exact) mass is 411 g/mol. The van der Waals surface area contributed by atoms with E-state index in [1.54, 1.807) is 4.90 Å². The van der Waals surface area contributed by atoms with E-state index >= 15 is 0 Å².